The predicted octanol–water partition coefficient (Wildman–Crippen LogP) is 4.67. The zero-order valence-corrected chi connectivity index (χ0v) is 18.1. The SMILES string of the molecule is CC(C)COC(=O)OOOC(C)(C)CCC(C)(C)OOOC(=O)OCC(C)C. The second-order valence-corrected chi connectivity index (χ2v) is 8.40. The van der Waals surface area contributed by atoms with Crippen molar-refractivity contribution in [3.8, 4) is 0 Å². The van der Waals surface area contributed by atoms with Crippen LogP contribution in [0.5, 0.6) is 0 Å². The van der Waals surface area contributed by atoms with E-state index in [1.54, 1.807) is 27.7 Å². The van der Waals surface area contributed by atoms with Crippen LogP contribution in [0.25, 0.3) is 0 Å². The molecule has 10 heteroatoms. The van der Waals surface area contributed by atoms with Gasteiger partial charge in [-0.05, 0) is 62.4 Å². The molecule has 0 aliphatic rings. The topological polar surface area (TPSA) is 108 Å². The van der Waals surface area contributed by atoms with Gasteiger partial charge in [-0.1, -0.05) is 27.7 Å². The largest absolute Gasteiger partial charge is 0.542 e. The number of carbonyl (C=O) groups excluding carboxylic acids is 2. The molecule has 0 aliphatic heterocycles. The zero-order chi connectivity index (χ0) is 21.8. The van der Waals surface area contributed by atoms with Crippen LogP contribution in [0.4, 0.5) is 9.59 Å². The van der Waals surface area contributed by atoms with Crippen molar-refractivity contribution in [1.29, 1.82) is 0 Å². The molecule has 0 radical (unpaired) electrons. The van der Waals surface area contributed by atoms with Gasteiger partial charge in [-0.15, -0.1) is 0 Å². The molecule has 0 aromatic heterocycles. The fourth-order valence-corrected chi connectivity index (χ4v) is 1.48. The van der Waals surface area contributed by atoms with Crippen LogP contribution in [0.2, 0.25) is 0 Å². The van der Waals surface area contributed by atoms with Crippen molar-refractivity contribution >= 4 is 12.3 Å². The minimum Gasteiger partial charge on any atom is -0.432 e. The van der Waals surface area contributed by atoms with Gasteiger partial charge >= 0.3 is 12.3 Å². The van der Waals surface area contributed by atoms with Gasteiger partial charge in [0.2, 0.25) is 0 Å². The van der Waals surface area contributed by atoms with Crippen molar-refractivity contribution in [2.24, 2.45) is 11.8 Å². The second kappa shape index (κ2) is 12.8. The Balaban J connectivity index is 4.06. The summed E-state index contributed by atoms with van der Waals surface area (Å²) in [7, 11) is 0. The fraction of sp³-hybridized carbons (Fsp3) is 0.889. The number of hydrogen-bond donors (Lipinski definition) is 0. The van der Waals surface area contributed by atoms with Crippen molar-refractivity contribution in [2.45, 2.75) is 79.4 Å². The van der Waals surface area contributed by atoms with E-state index in [-0.39, 0.29) is 25.0 Å². The Kier molecular flexibility index (Phi) is 12.0. The lowest BCUT2D eigenvalue weighted by Crippen LogP contribution is -2.32. The molecule has 28 heavy (non-hydrogen) atoms. The van der Waals surface area contributed by atoms with Crippen molar-refractivity contribution in [1.82, 2.24) is 0 Å². The molecular formula is C18H34O10. The molecule has 0 rings (SSSR count). The molecule has 0 aliphatic carbocycles. The van der Waals surface area contributed by atoms with Gasteiger partial charge in [-0.3, -0.25) is 0 Å². The number of ether oxygens (including phenoxy) is 2. The Morgan fingerprint density at radius 2 is 1.00 bits per heavy atom. The zero-order valence-electron chi connectivity index (χ0n) is 18.1. The molecule has 0 N–H and O–H groups in total. The molecule has 10 nitrogen and oxygen atoms in total. The summed E-state index contributed by atoms with van der Waals surface area (Å²) >= 11 is 0. The lowest BCUT2D eigenvalue weighted by atomic mass is 9.94. The van der Waals surface area contributed by atoms with Gasteiger partial charge < -0.3 is 9.47 Å². The summed E-state index contributed by atoms with van der Waals surface area (Å²) in [5, 5.41) is 8.97. The maximum absolute atomic E-state index is 11.3. The number of rotatable bonds is 13. The molecule has 0 unspecified atom stereocenters. The Morgan fingerprint density at radius 3 is 1.29 bits per heavy atom. The highest BCUT2D eigenvalue weighted by Crippen LogP contribution is 2.25. The standard InChI is InChI=1S/C18H34O10/c1-13(2)11-21-15(19)23-27-25-17(5,6)9-10-18(7,8)26-28-24-16(20)22-12-14(3)4/h13-14H,9-12H2,1-8H3. The van der Waals surface area contributed by atoms with Crippen LogP contribution in [0.15, 0.2) is 0 Å². The minimum atomic E-state index is -0.983. The first-order chi connectivity index (χ1) is 12.8. The highest BCUT2D eigenvalue weighted by molar-refractivity contribution is 5.59. The average Bonchev–Trinajstić information content (AvgIpc) is 2.56. The van der Waals surface area contributed by atoms with Crippen LogP contribution in [-0.2, 0) is 39.1 Å². The van der Waals surface area contributed by atoms with Gasteiger partial charge in [0, 0.05) is 0 Å². The molecule has 0 fully saturated rings. The summed E-state index contributed by atoms with van der Waals surface area (Å²) in [6.45, 7) is 14.9. The van der Waals surface area contributed by atoms with Gasteiger partial charge in [-0.25, -0.2) is 19.4 Å². The molecule has 0 aromatic rings. The lowest BCUT2D eigenvalue weighted by molar-refractivity contribution is -0.524. The van der Waals surface area contributed by atoms with Gasteiger partial charge in [0.15, 0.2) is 0 Å². The summed E-state index contributed by atoms with van der Waals surface area (Å²) in [5.41, 5.74) is -1.62. The maximum Gasteiger partial charge on any atom is 0.542 e. The average molecular weight is 410 g/mol. The Labute approximate surface area is 166 Å². The van der Waals surface area contributed by atoms with Crippen LogP contribution in [0.1, 0.15) is 68.2 Å². The summed E-state index contributed by atoms with van der Waals surface area (Å²) < 4.78 is 9.54. The third-order valence-corrected chi connectivity index (χ3v) is 3.12. The summed E-state index contributed by atoms with van der Waals surface area (Å²) in [6.07, 6.45) is -1.09. The molecule has 0 aromatic carbocycles. The van der Waals surface area contributed by atoms with Gasteiger partial charge in [0.1, 0.15) is 11.2 Å². The van der Waals surface area contributed by atoms with Crippen molar-refractivity contribution < 1.29 is 48.7 Å². The van der Waals surface area contributed by atoms with E-state index in [9.17, 15) is 9.59 Å². The van der Waals surface area contributed by atoms with Crippen LogP contribution in [0.3, 0.4) is 0 Å². The molecule has 0 spiro atoms. The van der Waals surface area contributed by atoms with E-state index in [1.165, 1.54) is 0 Å². The van der Waals surface area contributed by atoms with E-state index < -0.39 is 23.5 Å². The molecule has 0 bridgehead atoms. The van der Waals surface area contributed by atoms with Gasteiger partial charge in [0.25, 0.3) is 0 Å². The molecule has 0 atom stereocenters. The molecule has 166 valence electrons. The van der Waals surface area contributed by atoms with Crippen LogP contribution in [0, 0.1) is 11.8 Å². The Hall–Kier alpha value is -1.62. The van der Waals surface area contributed by atoms with E-state index in [0.29, 0.717) is 12.8 Å². The molecule has 0 saturated heterocycles. The smallest absolute Gasteiger partial charge is 0.432 e. The fourth-order valence-electron chi connectivity index (χ4n) is 1.48. The molecular weight excluding hydrogens is 376 g/mol. The van der Waals surface area contributed by atoms with Crippen LogP contribution < -0.4 is 0 Å². The summed E-state index contributed by atoms with van der Waals surface area (Å²) in [4.78, 5) is 41.4. The second-order valence-electron chi connectivity index (χ2n) is 8.40. The Bertz CT molecular complexity index is 417. The monoisotopic (exact) mass is 410 g/mol. The van der Waals surface area contributed by atoms with Crippen LogP contribution >= 0.6 is 0 Å². The van der Waals surface area contributed by atoms with Crippen molar-refractivity contribution in [2.75, 3.05) is 13.2 Å². The lowest BCUT2D eigenvalue weighted by Gasteiger charge is -2.27. The predicted molar refractivity (Wildman–Crippen MR) is 96.3 cm³/mol. The highest BCUT2D eigenvalue weighted by atomic mass is 17.5. The first-order valence-electron chi connectivity index (χ1n) is 9.21. The number of hydrogen-bond acceptors (Lipinski definition) is 10. The maximum atomic E-state index is 11.3. The molecule has 0 amide bonds. The van der Waals surface area contributed by atoms with E-state index in [1.807, 2.05) is 27.7 Å². The first-order valence-corrected chi connectivity index (χ1v) is 9.21. The minimum absolute atomic E-state index is 0.176. The van der Waals surface area contributed by atoms with Crippen molar-refractivity contribution in [3.05, 3.63) is 0 Å². The van der Waals surface area contributed by atoms with E-state index in [4.69, 9.17) is 19.2 Å². The van der Waals surface area contributed by atoms with Crippen LogP contribution in [-0.4, -0.2) is 36.7 Å². The van der Waals surface area contributed by atoms with Gasteiger partial charge in [0.05, 0.1) is 13.2 Å². The summed E-state index contributed by atoms with van der Waals surface area (Å²) in [6, 6.07) is 0. The van der Waals surface area contributed by atoms with Gasteiger partial charge in [-0.2, -0.15) is 9.78 Å². The third kappa shape index (κ3) is 15.4. The Morgan fingerprint density at radius 1 is 0.679 bits per heavy atom. The van der Waals surface area contributed by atoms with E-state index in [0.717, 1.165) is 0 Å². The highest BCUT2D eigenvalue weighted by Gasteiger charge is 2.29. The normalized spacial score (nSPS) is 12.2. The molecule has 0 saturated carbocycles. The van der Waals surface area contributed by atoms with E-state index in [2.05, 4.69) is 19.9 Å². The quantitative estimate of drug-likeness (QED) is 0.241. The first kappa shape index (κ1) is 26.4. The third-order valence-electron chi connectivity index (χ3n) is 3.12. The van der Waals surface area contributed by atoms with E-state index >= 15 is 0 Å². The molecule has 0 heterocycles. The van der Waals surface area contributed by atoms with Crippen molar-refractivity contribution in [3.63, 3.8) is 0 Å². The number of carbonyl (C=O) groups is 2. The summed E-state index contributed by atoms with van der Waals surface area (Å²) in [5.74, 6) is 0.353.